The minimum Gasteiger partial charge on any atom is -0.478 e. The molecule has 1 atom stereocenters. The summed E-state index contributed by atoms with van der Waals surface area (Å²) in [7, 11) is 0. The van der Waals surface area contributed by atoms with Crippen LogP contribution in [0.25, 0.3) is 0 Å². The second kappa shape index (κ2) is 4.79. The van der Waals surface area contributed by atoms with Gasteiger partial charge in [0.25, 0.3) is 5.92 Å². The molecule has 1 aromatic carbocycles. The third-order valence-corrected chi connectivity index (χ3v) is 3.52. The van der Waals surface area contributed by atoms with Gasteiger partial charge in [0.05, 0.1) is 31.0 Å². The van der Waals surface area contributed by atoms with Crippen molar-refractivity contribution in [3.8, 4) is 0 Å². The van der Waals surface area contributed by atoms with Crippen LogP contribution in [0.3, 0.4) is 0 Å². The molecule has 2 heterocycles. The molecule has 1 amide bonds. The van der Waals surface area contributed by atoms with Crippen molar-refractivity contribution in [1.82, 2.24) is 0 Å². The van der Waals surface area contributed by atoms with E-state index in [1.807, 2.05) is 0 Å². The fourth-order valence-corrected chi connectivity index (χ4v) is 2.40. The van der Waals surface area contributed by atoms with Crippen LogP contribution in [0.2, 0.25) is 0 Å². The van der Waals surface area contributed by atoms with Gasteiger partial charge in [0.15, 0.2) is 0 Å². The number of carbonyl (C=O) groups is 2. The Morgan fingerprint density at radius 2 is 2.05 bits per heavy atom. The van der Waals surface area contributed by atoms with Gasteiger partial charge < -0.3 is 14.7 Å². The zero-order valence-corrected chi connectivity index (χ0v) is 11.1. The summed E-state index contributed by atoms with van der Waals surface area (Å²) in [5, 5.41) is 8.80. The van der Waals surface area contributed by atoms with Crippen LogP contribution in [-0.2, 0) is 9.53 Å². The zero-order valence-electron chi connectivity index (χ0n) is 11.1. The SMILES string of the molecule is O=C(O)[C@H]1CN(c2ccc(N3CC(F)(F)C3)c(F)c2)C(=O)O1. The van der Waals surface area contributed by atoms with Crippen LogP contribution >= 0.6 is 0 Å². The highest BCUT2D eigenvalue weighted by Gasteiger charge is 2.45. The molecular weight excluding hydrogens is 305 g/mol. The first-order valence-electron chi connectivity index (χ1n) is 6.40. The summed E-state index contributed by atoms with van der Waals surface area (Å²) in [6.07, 6.45) is -2.21. The number of carbonyl (C=O) groups excluding carboxylic acids is 1. The normalized spacial score (nSPS) is 23.2. The molecule has 0 unspecified atom stereocenters. The van der Waals surface area contributed by atoms with Gasteiger partial charge in [-0.2, -0.15) is 0 Å². The lowest BCUT2D eigenvalue weighted by atomic mass is 10.1. The van der Waals surface area contributed by atoms with Crippen LogP contribution in [0.4, 0.5) is 29.3 Å². The van der Waals surface area contributed by atoms with Crippen LogP contribution in [0.5, 0.6) is 0 Å². The van der Waals surface area contributed by atoms with Gasteiger partial charge in [-0.15, -0.1) is 0 Å². The first-order chi connectivity index (χ1) is 10.3. The highest BCUT2D eigenvalue weighted by Crippen LogP contribution is 2.35. The molecule has 0 bridgehead atoms. The number of cyclic esters (lactones) is 1. The predicted octanol–water partition coefficient (Wildman–Crippen LogP) is 1.69. The van der Waals surface area contributed by atoms with Crippen molar-refractivity contribution >= 4 is 23.4 Å². The number of aliphatic carboxylic acids is 1. The van der Waals surface area contributed by atoms with E-state index in [1.165, 1.54) is 17.0 Å². The highest BCUT2D eigenvalue weighted by atomic mass is 19.3. The van der Waals surface area contributed by atoms with Gasteiger partial charge in [-0.25, -0.2) is 22.8 Å². The topological polar surface area (TPSA) is 70.1 Å². The van der Waals surface area contributed by atoms with Crippen molar-refractivity contribution in [2.75, 3.05) is 29.4 Å². The lowest BCUT2D eigenvalue weighted by molar-refractivity contribution is -0.144. The molecule has 1 N–H and O–H groups in total. The maximum atomic E-state index is 14.0. The smallest absolute Gasteiger partial charge is 0.415 e. The van der Waals surface area contributed by atoms with Crippen LogP contribution in [0, 0.1) is 5.82 Å². The molecule has 2 saturated heterocycles. The Bertz CT molecular complexity index is 644. The Kier molecular flexibility index (Phi) is 3.15. The van der Waals surface area contributed by atoms with E-state index in [0.717, 1.165) is 11.0 Å². The van der Waals surface area contributed by atoms with Crippen LogP contribution in [-0.4, -0.2) is 48.8 Å². The number of halogens is 3. The molecule has 0 spiro atoms. The Balaban J connectivity index is 1.78. The molecule has 2 aliphatic heterocycles. The number of nitrogens with zero attached hydrogens (tertiary/aromatic N) is 2. The molecule has 0 radical (unpaired) electrons. The van der Waals surface area contributed by atoms with Crippen LogP contribution in [0.1, 0.15) is 0 Å². The molecule has 9 heteroatoms. The maximum Gasteiger partial charge on any atom is 0.415 e. The molecule has 0 saturated carbocycles. The van der Waals surface area contributed by atoms with Gasteiger partial charge in [-0.3, -0.25) is 4.90 Å². The summed E-state index contributed by atoms with van der Waals surface area (Å²) < 4.78 is 44.3. The Labute approximate surface area is 122 Å². The fourth-order valence-electron chi connectivity index (χ4n) is 2.40. The van der Waals surface area contributed by atoms with Crippen molar-refractivity contribution in [1.29, 1.82) is 0 Å². The number of rotatable bonds is 3. The van der Waals surface area contributed by atoms with E-state index in [9.17, 15) is 22.8 Å². The Hall–Kier alpha value is -2.45. The monoisotopic (exact) mass is 316 g/mol. The van der Waals surface area contributed by atoms with E-state index in [-0.39, 0.29) is 17.9 Å². The number of hydrogen-bond acceptors (Lipinski definition) is 4. The summed E-state index contributed by atoms with van der Waals surface area (Å²) in [4.78, 5) is 24.5. The number of ether oxygens (including phenoxy) is 1. The number of hydrogen-bond donors (Lipinski definition) is 1. The van der Waals surface area contributed by atoms with Crippen molar-refractivity contribution in [2.45, 2.75) is 12.0 Å². The van der Waals surface area contributed by atoms with Gasteiger partial charge in [-0.1, -0.05) is 0 Å². The number of carboxylic acid groups (broad SMARTS) is 1. The van der Waals surface area contributed by atoms with Crippen molar-refractivity contribution in [2.24, 2.45) is 0 Å². The molecule has 0 aliphatic carbocycles. The molecule has 22 heavy (non-hydrogen) atoms. The van der Waals surface area contributed by atoms with Crippen LogP contribution in [0.15, 0.2) is 18.2 Å². The lowest BCUT2D eigenvalue weighted by Gasteiger charge is -2.40. The van der Waals surface area contributed by atoms with E-state index in [0.29, 0.717) is 0 Å². The van der Waals surface area contributed by atoms with Gasteiger partial charge in [-0.05, 0) is 18.2 Å². The van der Waals surface area contributed by atoms with E-state index in [1.54, 1.807) is 0 Å². The molecule has 2 fully saturated rings. The second-order valence-electron chi connectivity index (χ2n) is 5.17. The molecule has 0 aromatic heterocycles. The van der Waals surface area contributed by atoms with Crippen molar-refractivity contribution < 1.29 is 32.6 Å². The first kappa shape index (κ1) is 14.5. The predicted molar refractivity (Wildman–Crippen MR) is 68.8 cm³/mol. The lowest BCUT2D eigenvalue weighted by Crippen LogP contribution is -2.56. The highest BCUT2D eigenvalue weighted by molar-refractivity contribution is 5.94. The third-order valence-electron chi connectivity index (χ3n) is 3.52. The van der Waals surface area contributed by atoms with Gasteiger partial charge in [0, 0.05) is 0 Å². The molecule has 3 rings (SSSR count). The summed E-state index contributed by atoms with van der Waals surface area (Å²) in [6.45, 7) is -1.36. The number of benzene rings is 1. The van der Waals surface area contributed by atoms with Crippen molar-refractivity contribution in [3.63, 3.8) is 0 Å². The fraction of sp³-hybridized carbons (Fsp3) is 0.385. The van der Waals surface area contributed by atoms with Crippen molar-refractivity contribution in [3.05, 3.63) is 24.0 Å². The standard InChI is InChI=1S/C13H11F3N2O4/c14-8-3-7(18-4-10(11(19)20)22-12(18)21)1-2-9(8)17-5-13(15,16)6-17/h1-3,10H,4-6H2,(H,19,20)/t10-/m1/s1. The average molecular weight is 316 g/mol. The Morgan fingerprint density at radius 3 is 2.55 bits per heavy atom. The van der Waals surface area contributed by atoms with E-state index in [2.05, 4.69) is 4.74 Å². The van der Waals surface area contributed by atoms with Gasteiger partial charge in [0.1, 0.15) is 5.82 Å². The van der Waals surface area contributed by atoms with Gasteiger partial charge >= 0.3 is 12.1 Å². The largest absolute Gasteiger partial charge is 0.478 e. The number of amides is 1. The summed E-state index contributed by atoms with van der Waals surface area (Å²) in [6, 6.07) is 3.64. The number of carboxylic acids is 1. The summed E-state index contributed by atoms with van der Waals surface area (Å²) in [5.41, 5.74) is 0.124. The number of alkyl halides is 2. The van der Waals surface area contributed by atoms with E-state index >= 15 is 0 Å². The minimum absolute atomic E-state index is 0.0111. The third kappa shape index (κ3) is 2.42. The van der Waals surface area contributed by atoms with E-state index < -0.39 is 43.0 Å². The Morgan fingerprint density at radius 1 is 1.36 bits per heavy atom. The van der Waals surface area contributed by atoms with Gasteiger partial charge in [0.2, 0.25) is 6.10 Å². The summed E-state index contributed by atoms with van der Waals surface area (Å²) in [5.74, 6) is -4.88. The first-order valence-corrected chi connectivity index (χ1v) is 6.40. The molecule has 1 aromatic rings. The zero-order chi connectivity index (χ0) is 16.1. The molecule has 2 aliphatic rings. The summed E-state index contributed by atoms with van der Waals surface area (Å²) >= 11 is 0. The minimum atomic E-state index is -2.82. The molecule has 6 nitrogen and oxygen atoms in total. The van der Waals surface area contributed by atoms with Crippen LogP contribution < -0.4 is 9.80 Å². The van der Waals surface area contributed by atoms with E-state index in [4.69, 9.17) is 5.11 Å². The molecule has 118 valence electrons. The quantitative estimate of drug-likeness (QED) is 0.919. The molecular formula is C13H11F3N2O4. The second-order valence-corrected chi connectivity index (χ2v) is 5.17. The number of anilines is 2. The average Bonchev–Trinajstić information content (AvgIpc) is 2.78. The maximum absolute atomic E-state index is 14.0.